The molecule has 0 nitrogen and oxygen atoms in total. The van der Waals surface area contributed by atoms with Crippen LogP contribution < -0.4 is 0 Å². The summed E-state index contributed by atoms with van der Waals surface area (Å²) >= 11 is 0. The molecule has 0 aromatic carbocycles. The Kier molecular flexibility index (Phi) is 6.63. The van der Waals surface area contributed by atoms with E-state index in [1.165, 1.54) is 37.2 Å². The lowest BCUT2D eigenvalue weighted by Gasteiger charge is -2.26. The Morgan fingerprint density at radius 3 is 1.00 bits per heavy atom. The van der Waals surface area contributed by atoms with Gasteiger partial charge in [0.15, 0.2) is 0 Å². The predicted octanol–water partition coefficient (Wildman–Crippen LogP) is 3.93. The summed E-state index contributed by atoms with van der Waals surface area (Å²) in [6.07, 6.45) is 20.4. The molecule has 0 bridgehead atoms. The standard InChI is InChI=1S/C12H30S2/c1-13(2,3)11-9-7-8-10-12-14(4,5)6/h7-12H2,1-6H3. The fraction of sp³-hybridized carbons (Fsp3) is 1.00. The molecule has 0 radical (unpaired) electrons. The molecular weight excluding hydrogens is 208 g/mol. The third-order valence-corrected chi connectivity index (χ3v) is 5.29. The van der Waals surface area contributed by atoms with Crippen LogP contribution in [0, 0.1) is 0 Å². The van der Waals surface area contributed by atoms with Crippen LogP contribution in [0.2, 0.25) is 0 Å². The van der Waals surface area contributed by atoms with Crippen LogP contribution in [0.5, 0.6) is 0 Å². The summed E-state index contributed by atoms with van der Waals surface area (Å²) in [6, 6.07) is 0. The summed E-state index contributed by atoms with van der Waals surface area (Å²) in [7, 11) is -0.469. The molecule has 0 atom stereocenters. The first kappa shape index (κ1) is 14.7. The SMILES string of the molecule is CS(C)(C)CCCCCCS(C)(C)C. The van der Waals surface area contributed by atoms with Crippen molar-refractivity contribution < 1.29 is 0 Å². The Labute approximate surface area is 94.9 Å². The summed E-state index contributed by atoms with van der Waals surface area (Å²) in [4.78, 5) is 0. The van der Waals surface area contributed by atoms with Crippen molar-refractivity contribution in [2.45, 2.75) is 25.7 Å². The van der Waals surface area contributed by atoms with Crippen molar-refractivity contribution in [2.24, 2.45) is 0 Å². The van der Waals surface area contributed by atoms with Gasteiger partial charge in [0.25, 0.3) is 0 Å². The van der Waals surface area contributed by atoms with Crippen molar-refractivity contribution in [3.63, 3.8) is 0 Å². The number of rotatable bonds is 7. The van der Waals surface area contributed by atoms with Gasteiger partial charge in [-0.05, 0) is 61.9 Å². The molecule has 0 saturated carbocycles. The zero-order valence-corrected chi connectivity index (χ0v) is 12.7. The molecule has 0 heterocycles. The van der Waals surface area contributed by atoms with Crippen LogP contribution in [-0.4, -0.2) is 49.0 Å². The summed E-state index contributed by atoms with van der Waals surface area (Å²) in [6.45, 7) is 0. The quantitative estimate of drug-likeness (QED) is 0.590. The van der Waals surface area contributed by atoms with Gasteiger partial charge in [0.1, 0.15) is 0 Å². The first-order chi connectivity index (χ1) is 6.21. The molecule has 2 heteroatoms. The molecule has 90 valence electrons. The van der Waals surface area contributed by atoms with E-state index in [1.54, 1.807) is 0 Å². The molecule has 0 aliphatic carbocycles. The number of hydrogen-bond acceptors (Lipinski definition) is 0. The maximum atomic E-state index is 2.42. The Hall–Kier alpha value is 0.700. The minimum absolute atomic E-state index is 0.235. The van der Waals surface area contributed by atoms with Crippen LogP contribution in [0.3, 0.4) is 0 Å². The van der Waals surface area contributed by atoms with Crippen molar-refractivity contribution in [3.8, 4) is 0 Å². The van der Waals surface area contributed by atoms with Crippen LogP contribution in [-0.2, 0) is 0 Å². The smallest absolute Gasteiger partial charge is 0.0235 e. The third kappa shape index (κ3) is 12.7. The highest BCUT2D eigenvalue weighted by atomic mass is 32.3. The van der Waals surface area contributed by atoms with E-state index in [-0.39, 0.29) is 20.1 Å². The van der Waals surface area contributed by atoms with E-state index in [4.69, 9.17) is 0 Å². The maximum absolute atomic E-state index is 2.42. The van der Waals surface area contributed by atoms with Gasteiger partial charge in [-0.25, -0.2) is 20.1 Å². The average molecular weight is 239 g/mol. The van der Waals surface area contributed by atoms with Gasteiger partial charge in [-0.15, -0.1) is 0 Å². The molecule has 14 heavy (non-hydrogen) atoms. The Balaban J connectivity index is 3.23. The fourth-order valence-electron chi connectivity index (χ4n) is 1.42. The zero-order chi connectivity index (χ0) is 11.2. The van der Waals surface area contributed by atoms with Crippen molar-refractivity contribution in [1.82, 2.24) is 0 Å². The largest absolute Gasteiger partial charge is 0.250 e. The van der Waals surface area contributed by atoms with E-state index < -0.39 is 0 Å². The second-order valence-corrected chi connectivity index (χ2v) is 15.2. The Bertz CT molecular complexity index is 121. The van der Waals surface area contributed by atoms with E-state index in [1.807, 2.05) is 0 Å². The molecule has 0 aromatic heterocycles. The fourth-order valence-corrected chi connectivity index (χ4v) is 3.56. The lowest BCUT2D eigenvalue weighted by molar-refractivity contribution is 0.709. The molecule has 0 rings (SSSR count). The number of unbranched alkanes of at least 4 members (excludes halogenated alkanes) is 3. The molecule has 0 fully saturated rings. The van der Waals surface area contributed by atoms with E-state index in [0.717, 1.165) is 0 Å². The van der Waals surface area contributed by atoms with Gasteiger partial charge in [0.2, 0.25) is 0 Å². The minimum Gasteiger partial charge on any atom is -0.250 e. The average Bonchev–Trinajstić information content (AvgIpc) is 1.92. The lowest BCUT2D eigenvalue weighted by atomic mass is 10.2. The van der Waals surface area contributed by atoms with Crippen LogP contribution in [0.25, 0.3) is 0 Å². The topological polar surface area (TPSA) is 0 Å². The highest BCUT2D eigenvalue weighted by Gasteiger charge is 2.04. The monoisotopic (exact) mass is 238 g/mol. The first-order valence-electron chi connectivity index (χ1n) is 5.53. The van der Waals surface area contributed by atoms with E-state index >= 15 is 0 Å². The highest BCUT2D eigenvalue weighted by molar-refractivity contribution is 8.32. The minimum atomic E-state index is -0.235. The van der Waals surface area contributed by atoms with Crippen LogP contribution in [0.15, 0.2) is 0 Å². The maximum Gasteiger partial charge on any atom is -0.0235 e. The molecule has 0 amide bonds. The molecular formula is C12H30S2. The molecule has 0 spiro atoms. The second-order valence-electron chi connectivity index (χ2n) is 6.00. The Morgan fingerprint density at radius 2 is 0.786 bits per heavy atom. The predicted molar refractivity (Wildman–Crippen MR) is 78.9 cm³/mol. The molecule has 0 unspecified atom stereocenters. The van der Waals surface area contributed by atoms with Crippen LogP contribution in [0.4, 0.5) is 0 Å². The van der Waals surface area contributed by atoms with Crippen molar-refractivity contribution >= 4 is 20.1 Å². The van der Waals surface area contributed by atoms with Crippen LogP contribution in [0.1, 0.15) is 25.7 Å². The van der Waals surface area contributed by atoms with Gasteiger partial charge in [-0.1, -0.05) is 12.8 Å². The van der Waals surface area contributed by atoms with E-state index in [2.05, 4.69) is 37.5 Å². The van der Waals surface area contributed by atoms with Gasteiger partial charge in [0, 0.05) is 0 Å². The first-order valence-corrected chi connectivity index (χ1v) is 11.6. The Morgan fingerprint density at radius 1 is 0.500 bits per heavy atom. The third-order valence-electron chi connectivity index (χ3n) is 2.26. The van der Waals surface area contributed by atoms with Gasteiger partial charge in [0.05, 0.1) is 0 Å². The van der Waals surface area contributed by atoms with E-state index in [0.29, 0.717) is 0 Å². The van der Waals surface area contributed by atoms with Crippen LogP contribution >= 0.6 is 20.1 Å². The molecule has 0 aromatic rings. The normalized spacial score (nSPS) is 15.6. The molecule has 0 aliphatic rings. The highest BCUT2D eigenvalue weighted by Crippen LogP contribution is 2.37. The van der Waals surface area contributed by atoms with Gasteiger partial charge in [-0.3, -0.25) is 0 Å². The van der Waals surface area contributed by atoms with Gasteiger partial charge in [-0.2, -0.15) is 0 Å². The summed E-state index contributed by atoms with van der Waals surface area (Å²) in [5.41, 5.74) is 0. The van der Waals surface area contributed by atoms with Gasteiger partial charge >= 0.3 is 0 Å². The summed E-state index contributed by atoms with van der Waals surface area (Å²) < 4.78 is 0. The zero-order valence-electron chi connectivity index (χ0n) is 11.1. The van der Waals surface area contributed by atoms with E-state index in [9.17, 15) is 0 Å². The molecule has 0 aliphatic heterocycles. The van der Waals surface area contributed by atoms with Crippen molar-refractivity contribution in [2.75, 3.05) is 49.0 Å². The second kappa shape index (κ2) is 6.32. The van der Waals surface area contributed by atoms with Crippen molar-refractivity contribution in [3.05, 3.63) is 0 Å². The van der Waals surface area contributed by atoms with Crippen molar-refractivity contribution in [1.29, 1.82) is 0 Å². The molecule has 0 N–H and O–H groups in total. The summed E-state index contributed by atoms with van der Waals surface area (Å²) in [5.74, 6) is 2.94. The lowest BCUT2D eigenvalue weighted by Crippen LogP contribution is -2.00. The summed E-state index contributed by atoms with van der Waals surface area (Å²) in [5, 5.41) is 0. The molecule has 0 saturated heterocycles. The van der Waals surface area contributed by atoms with Gasteiger partial charge < -0.3 is 0 Å². The number of hydrogen-bond donors (Lipinski definition) is 0.